The Balaban J connectivity index is 1.65. The number of hydrogen-bond donors (Lipinski definition) is 10. The lowest BCUT2D eigenvalue weighted by Crippen LogP contribution is -2.71. The van der Waals surface area contributed by atoms with Crippen molar-refractivity contribution in [3.63, 3.8) is 0 Å². The third-order valence-electron chi connectivity index (χ3n) is 8.59. The molecular weight excluding hydrogens is 742 g/mol. The number of nitrogens with two attached hydrogens (primary N) is 1. The Morgan fingerprint density at radius 1 is 0.833 bits per heavy atom. The summed E-state index contributed by atoms with van der Waals surface area (Å²) in [5.41, 5.74) is 3.16. The zero-order chi connectivity index (χ0) is 40.0. The standard InChI is InChI=1S/C32H40F6N6O10/c1-2-18(39)27(49)43-22-20(11-45)52-13-19(42-29(50)40-16-7-3-5-14(9-16)31(33,34)35)26(22)54-28-23(25(48)24(47)21(12-46)53-28)44-30(51)41-17-8-4-6-15(10-17)32(36,37)38/h3-10,18-26,28,45-48H,2,11-13,39H2,1H3,(H,43,49)(H2,40,42,50)(H2,41,44,51)/t18-,19?,20?,21?,22-,23?,24-,25+,26+,28-/m0/s1. The van der Waals surface area contributed by atoms with Gasteiger partial charge in [-0.3, -0.25) is 4.79 Å². The van der Waals surface area contributed by atoms with Crippen LogP contribution in [0.25, 0.3) is 0 Å². The minimum Gasteiger partial charge on any atom is -0.394 e. The summed E-state index contributed by atoms with van der Waals surface area (Å²) in [7, 11) is 0. The van der Waals surface area contributed by atoms with Gasteiger partial charge in [-0.2, -0.15) is 26.3 Å². The van der Waals surface area contributed by atoms with Crippen LogP contribution < -0.4 is 32.3 Å². The number of nitrogens with one attached hydrogen (secondary N) is 5. The Labute approximate surface area is 303 Å². The molecule has 0 spiro atoms. The summed E-state index contributed by atoms with van der Waals surface area (Å²) in [5.74, 6) is -0.768. The average Bonchev–Trinajstić information content (AvgIpc) is 3.11. The number of hydrogen-bond acceptors (Lipinski definition) is 11. The maximum atomic E-state index is 13.3. The molecule has 2 saturated heterocycles. The highest BCUT2D eigenvalue weighted by molar-refractivity contribution is 5.90. The van der Waals surface area contributed by atoms with Gasteiger partial charge in [0.1, 0.15) is 36.6 Å². The molecule has 0 aromatic heterocycles. The SMILES string of the molecule is CC[C@H](N)C(=O)N[C@H]1C(CO)OCC(NC(=O)Nc2cccc(C(F)(F)F)c2)[C@H]1O[C@@H]1OC(CO)[C@H](O)[C@H](O)C1NC(=O)Nc1cccc(C(F)(F)F)c1. The van der Waals surface area contributed by atoms with E-state index in [0.29, 0.717) is 12.1 Å². The first kappa shape index (κ1) is 42.5. The van der Waals surface area contributed by atoms with E-state index in [2.05, 4.69) is 26.6 Å². The van der Waals surface area contributed by atoms with Gasteiger partial charge in [0.25, 0.3) is 0 Å². The Kier molecular flexibility index (Phi) is 14.1. The highest BCUT2D eigenvalue weighted by Gasteiger charge is 2.50. The van der Waals surface area contributed by atoms with E-state index >= 15 is 0 Å². The van der Waals surface area contributed by atoms with Crippen molar-refractivity contribution in [2.24, 2.45) is 5.73 Å². The van der Waals surface area contributed by atoms with Crippen molar-refractivity contribution in [1.29, 1.82) is 0 Å². The Hall–Kier alpha value is -4.29. The van der Waals surface area contributed by atoms with E-state index in [9.17, 15) is 61.2 Å². The number of amides is 5. The zero-order valence-corrected chi connectivity index (χ0v) is 28.3. The quantitative estimate of drug-likeness (QED) is 0.143. The Morgan fingerprint density at radius 3 is 1.87 bits per heavy atom. The van der Waals surface area contributed by atoms with Gasteiger partial charge in [-0.1, -0.05) is 19.1 Å². The van der Waals surface area contributed by atoms with Crippen molar-refractivity contribution in [2.75, 3.05) is 30.5 Å². The van der Waals surface area contributed by atoms with Crippen LogP contribution in [0.3, 0.4) is 0 Å². The third kappa shape index (κ3) is 10.7. The van der Waals surface area contributed by atoms with Crippen molar-refractivity contribution < 1.29 is 75.4 Å². The first-order chi connectivity index (χ1) is 25.4. The second-order valence-corrected chi connectivity index (χ2v) is 12.4. The summed E-state index contributed by atoms with van der Waals surface area (Å²) in [4.78, 5) is 39.2. The van der Waals surface area contributed by atoms with Crippen LogP contribution in [0.5, 0.6) is 0 Å². The maximum absolute atomic E-state index is 13.3. The van der Waals surface area contributed by atoms with Crippen molar-refractivity contribution in [3.05, 3.63) is 59.7 Å². The van der Waals surface area contributed by atoms with Gasteiger partial charge in [-0.25, -0.2) is 9.59 Å². The fourth-order valence-corrected chi connectivity index (χ4v) is 5.70. The topological polar surface area (TPSA) is 246 Å². The van der Waals surface area contributed by atoms with Crippen molar-refractivity contribution in [2.45, 2.75) is 86.7 Å². The number of aliphatic hydroxyl groups is 4. The molecule has 0 aliphatic carbocycles. The second kappa shape index (κ2) is 17.9. The molecule has 0 radical (unpaired) electrons. The molecule has 2 aromatic rings. The number of halogens is 6. The normalized spacial score (nSPS) is 28.0. The first-order valence-corrected chi connectivity index (χ1v) is 16.4. The number of aliphatic hydroxyl groups excluding tert-OH is 4. The van der Waals surface area contributed by atoms with E-state index in [1.54, 1.807) is 6.92 Å². The first-order valence-electron chi connectivity index (χ1n) is 16.4. The van der Waals surface area contributed by atoms with Gasteiger partial charge < -0.3 is 67.0 Å². The molecule has 11 N–H and O–H groups in total. The lowest BCUT2D eigenvalue weighted by molar-refractivity contribution is -0.293. The molecule has 4 rings (SSSR count). The Bertz CT molecular complexity index is 1610. The summed E-state index contributed by atoms with van der Waals surface area (Å²) in [6.07, 6.45) is -19.4. The Morgan fingerprint density at radius 2 is 1.37 bits per heavy atom. The number of urea groups is 2. The van der Waals surface area contributed by atoms with Gasteiger partial charge >= 0.3 is 24.4 Å². The van der Waals surface area contributed by atoms with Gasteiger partial charge in [0.2, 0.25) is 5.91 Å². The van der Waals surface area contributed by atoms with Crippen LogP contribution in [0.2, 0.25) is 0 Å². The van der Waals surface area contributed by atoms with Crippen LogP contribution >= 0.6 is 0 Å². The third-order valence-corrected chi connectivity index (χ3v) is 8.59. The molecule has 2 aliphatic rings. The molecule has 2 fully saturated rings. The van der Waals surface area contributed by atoms with Crippen LogP contribution in [-0.2, 0) is 31.4 Å². The molecule has 10 atom stereocenters. The van der Waals surface area contributed by atoms with E-state index in [1.165, 1.54) is 6.07 Å². The largest absolute Gasteiger partial charge is 0.416 e. The molecular formula is C32H40F6N6O10. The molecule has 2 aromatic carbocycles. The second-order valence-electron chi connectivity index (χ2n) is 12.4. The van der Waals surface area contributed by atoms with Crippen LogP contribution in [0.15, 0.2) is 48.5 Å². The summed E-state index contributed by atoms with van der Waals surface area (Å²) in [6.45, 7) is -0.517. The van der Waals surface area contributed by atoms with Gasteiger partial charge in [0.15, 0.2) is 6.29 Å². The number of rotatable bonds is 11. The highest BCUT2D eigenvalue weighted by Crippen LogP contribution is 2.32. The van der Waals surface area contributed by atoms with E-state index in [1.807, 2.05) is 0 Å². The van der Waals surface area contributed by atoms with Gasteiger partial charge in [-0.05, 0) is 42.8 Å². The number of benzene rings is 2. The van der Waals surface area contributed by atoms with E-state index in [4.69, 9.17) is 19.9 Å². The molecule has 4 unspecified atom stereocenters. The monoisotopic (exact) mass is 782 g/mol. The number of carbonyl (C=O) groups is 3. The number of alkyl halides is 6. The van der Waals surface area contributed by atoms with Crippen LogP contribution in [0.1, 0.15) is 24.5 Å². The van der Waals surface area contributed by atoms with Gasteiger partial charge in [-0.15, -0.1) is 0 Å². The smallest absolute Gasteiger partial charge is 0.394 e. The average molecular weight is 783 g/mol. The van der Waals surface area contributed by atoms with Crippen LogP contribution in [-0.4, -0.2) is 119 Å². The zero-order valence-electron chi connectivity index (χ0n) is 28.3. The fourth-order valence-electron chi connectivity index (χ4n) is 5.70. The molecule has 54 heavy (non-hydrogen) atoms. The van der Waals surface area contributed by atoms with Crippen molar-refractivity contribution in [3.8, 4) is 0 Å². The van der Waals surface area contributed by atoms with Gasteiger partial charge in [0, 0.05) is 11.4 Å². The molecule has 22 heteroatoms. The van der Waals surface area contributed by atoms with E-state index < -0.39 is 122 Å². The van der Waals surface area contributed by atoms with E-state index in [-0.39, 0.29) is 17.8 Å². The highest BCUT2D eigenvalue weighted by atomic mass is 19.4. The van der Waals surface area contributed by atoms with Crippen molar-refractivity contribution >= 4 is 29.3 Å². The minimum atomic E-state index is -4.75. The molecule has 0 bridgehead atoms. The molecule has 2 aliphatic heterocycles. The number of anilines is 2. The van der Waals surface area contributed by atoms with Crippen molar-refractivity contribution in [1.82, 2.24) is 16.0 Å². The summed E-state index contributed by atoms with van der Waals surface area (Å²) >= 11 is 0. The summed E-state index contributed by atoms with van der Waals surface area (Å²) in [6, 6.07) is -0.657. The fraction of sp³-hybridized carbons (Fsp3) is 0.531. The molecule has 16 nitrogen and oxygen atoms in total. The number of ether oxygens (including phenoxy) is 3. The van der Waals surface area contributed by atoms with Crippen LogP contribution in [0, 0.1) is 0 Å². The number of carbonyl (C=O) groups excluding carboxylic acids is 3. The molecule has 2 heterocycles. The molecule has 0 saturated carbocycles. The summed E-state index contributed by atoms with van der Waals surface area (Å²) < 4.78 is 97.1. The predicted octanol–water partition coefficient (Wildman–Crippen LogP) is 0.842. The van der Waals surface area contributed by atoms with Crippen LogP contribution in [0.4, 0.5) is 47.3 Å². The predicted molar refractivity (Wildman–Crippen MR) is 174 cm³/mol. The minimum absolute atomic E-state index is 0.150. The molecule has 300 valence electrons. The lowest BCUT2D eigenvalue weighted by Gasteiger charge is -2.47. The summed E-state index contributed by atoms with van der Waals surface area (Å²) in [5, 5.41) is 53.4. The maximum Gasteiger partial charge on any atom is 0.416 e. The van der Waals surface area contributed by atoms with E-state index in [0.717, 1.165) is 30.3 Å². The van der Waals surface area contributed by atoms with Gasteiger partial charge in [0.05, 0.1) is 49.1 Å². The lowest BCUT2D eigenvalue weighted by atomic mass is 9.93. The molecule has 5 amide bonds.